The zero-order valence-corrected chi connectivity index (χ0v) is 10.2. The summed E-state index contributed by atoms with van der Waals surface area (Å²) in [5.41, 5.74) is 2.85. The van der Waals surface area contributed by atoms with E-state index in [4.69, 9.17) is 5.11 Å². The number of hydrogen-bond acceptors (Lipinski definition) is 2. The van der Waals surface area contributed by atoms with Crippen molar-refractivity contribution in [3.63, 3.8) is 0 Å². The van der Waals surface area contributed by atoms with Crippen molar-refractivity contribution in [2.45, 2.75) is 6.54 Å². The number of rotatable bonds is 3. The molecule has 0 aliphatic rings. The highest BCUT2D eigenvalue weighted by atomic mass is 19.1. The molecule has 2 aromatic carbocycles. The van der Waals surface area contributed by atoms with Crippen LogP contribution in [-0.2, 0) is 6.54 Å². The lowest BCUT2D eigenvalue weighted by Crippen LogP contribution is -1.99. The van der Waals surface area contributed by atoms with E-state index in [1.54, 1.807) is 6.07 Å². The normalized spacial score (nSPS) is 10.8. The van der Waals surface area contributed by atoms with Gasteiger partial charge in [0.15, 0.2) is 11.6 Å². The Morgan fingerprint density at radius 2 is 2.00 bits per heavy atom. The molecule has 3 rings (SSSR count). The average Bonchev–Trinajstić information content (AvgIpc) is 2.87. The number of phenols is 1. The second-order valence-corrected chi connectivity index (χ2v) is 4.42. The Balaban J connectivity index is 1.75. The number of aromatic hydroxyl groups is 1. The molecular formula is C15H13FN2O. The molecular weight excluding hydrogens is 243 g/mol. The molecule has 0 fully saturated rings. The van der Waals surface area contributed by atoms with Gasteiger partial charge < -0.3 is 15.4 Å². The van der Waals surface area contributed by atoms with Crippen molar-refractivity contribution >= 4 is 16.6 Å². The second-order valence-electron chi connectivity index (χ2n) is 4.42. The fourth-order valence-corrected chi connectivity index (χ4v) is 2.03. The number of phenolic OH excluding ortho intramolecular Hbond substituents is 1. The molecule has 1 aromatic heterocycles. The molecule has 0 atom stereocenters. The molecule has 4 heteroatoms. The van der Waals surface area contributed by atoms with Gasteiger partial charge >= 0.3 is 0 Å². The highest BCUT2D eigenvalue weighted by Gasteiger charge is 2.02. The summed E-state index contributed by atoms with van der Waals surface area (Å²) in [4.78, 5) is 3.14. The third-order valence-corrected chi connectivity index (χ3v) is 3.06. The number of aromatic nitrogens is 1. The second kappa shape index (κ2) is 4.65. The van der Waals surface area contributed by atoms with E-state index >= 15 is 0 Å². The van der Waals surface area contributed by atoms with Crippen LogP contribution in [-0.4, -0.2) is 10.1 Å². The Bertz CT molecular complexity index is 721. The molecule has 0 saturated heterocycles. The minimum Gasteiger partial charge on any atom is -0.505 e. The lowest BCUT2D eigenvalue weighted by atomic mass is 10.1. The monoisotopic (exact) mass is 256 g/mol. The zero-order chi connectivity index (χ0) is 13.2. The van der Waals surface area contributed by atoms with Crippen molar-refractivity contribution in [2.75, 3.05) is 5.32 Å². The fourth-order valence-electron chi connectivity index (χ4n) is 2.03. The van der Waals surface area contributed by atoms with E-state index in [2.05, 4.69) is 16.4 Å². The minimum atomic E-state index is -0.619. The first-order valence-corrected chi connectivity index (χ1v) is 6.01. The summed E-state index contributed by atoms with van der Waals surface area (Å²) in [6.07, 6.45) is 1.90. The predicted molar refractivity (Wildman–Crippen MR) is 73.7 cm³/mol. The summed E-state index contributed by atoms with van der Waals surface area (Å²) < 4.78 is 13.2. The molecule has 96 valence electrons. The molecule has 0 bridgehead atoms. The van der Waals surface area contributed by atoms with Crippen molar-refractivity contribution in [2.24, 2.45) is 0 Å². The summed E-state index contributed by atoms with van der Waals surface area (Å²) in [6, 6.07) is 12.4. The number of hydrogen-bond donors (Lipinski definition) is 3. The standard InChI is InChI=1S/C15H13FN2O/c16-13-8-12(2-4-15(13)19)18-9-10-1-3-14-11(7-10)5-6-17-14/h1-8,17-19H,9H2. The maximum absolute atomic E-state index is 13.2. The highest BCUT2D eigenvalue weighted by molar-refractivity contribution is 5.79. The van der Waals surface area contributed by atoms with Crippen LogP contribution in [0.25, 0.3) is 10.9 Å². The number of halogens is 1. The summed E-state index contributed by atoms with van der Waals surface area (Å²) in [5, 5.41) is 13.4. The molecule has 3 N–H and O–H groups in total. The molecule has 3 nitrogen and oxygen atoms in total. The van der Waals surface area contributed by atoms with Crippen LogP contribution in [0.5, 0.6) is 5.75 Å². The van der Waals surface area contributed by atoms with E-state index in [-0.39, 0.29) is 5.75 Å². The van der Waals surface area contributed by atoms with Crippen LogP contribution in [0, 0.1) is 5.82 Å². The third kappa shape index (κ3) is 2.38. The van der Waals surface area contributed by atoms with E-state index in [1.807, 2.05) is 24.4 Å². The first kappa shape index (κ1) is 11.6. The van der Waals surface area contributed by atoms with E-state index in [1.165, 1.54) is 12.1 Å². The topological polar surface area (TPSA) is 48.0 Å². The quantitative estimate of drug-likeness (QED) is 0.627. The molecule has 0 spiro atoms. The van der Waals surface area contributed by atoms with Gasteiger partial charge in [-0.15, -0.1) is 0 Å². The van der Waals surface area contributed by atoms with Gasteiger partial charge in [-0.05, 0) is 41.3 Å². The lowest BCUT2D eigenvalue weighted by Gasteiger charge is -2.07. The van der Waals surface area contributed by atoms with Gasteiger partial charge in [-0.2, -0.15) is 0 Å². The first-order valence-electron chi connectivity index (χ1n) is 6.01. The summed E-state index contributed by atoms with van der Waals surface area (Å²) in [7, 11) is 0. The fraction of sp³-hybridized carbons (Fsp3) is 0.0667. The third-order valence-electron chi connectivity index (χ3n) is 3.06. The molecule has 19 heavy (non-hydrogen) atoms. The van der Waals surface area contributed by atoms with Crippen molar-refractivity contribution in [3.05, 3.63) is 60.0 Å². The van der Waals surface area contributed by atoms with Crippen molar-refractivity contribution < 1.29 is 9.50 Å². The number of benzene rings is 2. The van der Waals surface area contributed by atoms with Crippen LogP contribution in [0.2, 0.25) is 0 Å². The maximum Gasteiger partial charge on any atom is 0.166 e. The van der Waals surface area contributed by atoms with Gasteiger partial charge in [-0.1, -0.05) is 6.07 Å². The van der Waals surface area contributed by atoms with Crippen LogP contribution in [0.15, 0.2) is 48.7 Å². The number of H-pyrrole nitrogens is 1. The summed E-state index contributed by atoms with van der Waals surface area (Å²) in [5.74, 6) is -0.953. The van der Waals surface area contributed by atoms with Crippen LogP contribution in [0.1, 0.15) is 5.56 Å². The Labute approximate surface area is 109 Å². The average molecular weight is 256 g/mol. The Kier molecular flexibility index (Phi) is 2.83. The molecule has 0 aliphatic heterocycles. The predicted octanol–water partition coefficient (Wildman–Crippen LogP) is 3.62. The molecule has 0 radical (unpaired) electrons. The Hall–Kier alpha value is -2.49. The van der Waals surface area contributed by atoms with Gasteiger partial charge in [0.25, 0.3) is 0 Å². The smallest absolute Gasteiger partial charge is 0.166 e. The summed E-state index contributed by atoms with van der Waals surface area (Å²) in [6.45, 7) is 0.603. The number of aromatic amines is 1. The van der Waals surface area contributed by atoms with Gasteiger partial charge in [0, 0.05) is 30.0 Å². The molecule has 0 amide bonds. The van der Waals surface area contributed by atoms with E-state index in [0.29, 0.717) is 12.2 Å². The first-order chi connectivity index (χ1) is 9.22. The Morgan fingerprint density at radius 3 is 2.84 bits per heavy atom. The van der Waals surface area contributed by atoms with Crippen LogP contribution >= 0.6 is 0 Å². The largest absolute Gasteiger partial charge is 0.505 e. The van der Waals surface area contributed by atoms with E-state index in [9.17, 15) is 4.39 Å². The van der Waals surface area contributed by atoms with Crippen molar-refractivity contribution in [3.8, 4) is 5.75 Å². The van der Waals surface area contributed by atoms with Crippen molar-refractivity contribution in [1.29, 1.82) is 0 Å². The molecule has 0 unspecified atom stereocenters. The summed E-state index contributed by atoms with van der Waals surface area (Å²) >= 11 is 0. The molecule has 0 aliphatic carbocycles. The molecule has 0 saturated carbocycles. The number of fused-ring (bicyclic) bond motifs is 1. The van der Waals surface area contributed by atoms with Crippen LogP contribution in [0.3, 0.4) is 0 Å². The molecule has 1 heterocycles. The number of anilines is 1. The minimum absolute atomic E-state index is 0.334. The number of nitrogens with one attached hydrogen (secondary N) is 2. The highest BCUT2D eigenvalue weighted by Crippen LogP contribution is 2.20. The van der Waals surface area contributed by atoms with Crippen LogP contribution < -0.4 is 5.32 Å². The van der Waals surface area contributed by atoms with Gasteiger partial charge in [0.1, 0.15) is 0 Å². The van der Waals surface area contributed by atoms with Crippen molar-refractivity contribution in [1.82, 2.24) is 4.98 Å². The van der Waals surface area contributed by atoms with Gasteiger partial charge in [-0.3, -0.25) is 0 Å². The Morgan fingerprint density at radius 1 is 1.11 bits per heavy atom. The molecule has 3 aromatic rings. The maximum atomic E-state index is 13.2. The zero-order valence-electron chi connectivity index (χ0n) is 10.2. The van der Waals surface area contributed by atoms with Crippen LogP contribution in [0.4, 0.5) is 10.1 Å². The van der Waals surface area contributed by atoms with Gasteiger partial charge in [-0.25, -0.2) is 4.39 Å². The lowest BCUT2D eigenvalue weighted by molar-refractivity contribution is 0.432. The van der Waals surface area contributed by atoms with Gasteiger partial charge in [0.05, 0.1) is 0 Å². The van der Waals surface area contributed by atoms with Gasteiger partial charge in [0.2, 0.25) is 0 Å². The van der Waals surface area contributed by atoms with E-state index in [0.717, 1.165) is 16.5 Å². The van der Waals surface area contributed by atoms with E-state index < -0.39 is 5.82 Å². The SMILES string of the molecule is Oc1ccc(NCc2ccc3[nH]ccc3c2)cc1F.